The van der Waals surface area contributed by atoms with E-state index in [1.54, 1.807) is 0 Å². The van der Waals surface area contributed by atoms with Gasteiger partial charge in [0.25, 0.3) is 0 Å². The minimum absolute atomic E-state index is 0.00574. The van der Waals surface area contributed by atoms with Crippen molar-refractivity contribution in [3.05, 3.63) is 125 Å². The average molecular weight is 661 g/mol. The second-order valence-corrected chi connectivity index (χ2v) is 17.8. The van der Waals surface area contributed by atoms with E-state index in [-0.39, 0.29) is 23.1 Å². The van der Waals surface area contributed by atoms with Crippen LogP contribution in [0.4, 0.5) is 17.1 Å². The van der Waals surface area contributed by atoms with Crippen molar-refractivity contribution in [1.29, 1.82) is 0 Å². The van der Waals surface area contributed by atoms with Crippen molar-refractivity contribution in [1.82, 2.24) is 4.48 Å². The molecule has 0 saturated carbocycles. The van der Waals surface area contributed by atoms with Gasteiger partial charge in [0.1, 0.15) is 11.2 Å². The SMILES string of the molecule is CC(C)(C)c1ccc2c(c1)c1cc(C(C)(C)C)cc3c1n2B1c2cccc4c2N(c2ccccc2C4(C)C)c2cc4oc5ccccc5c4c-3c21. The predicted octanol–water partition coefficient (Wildman–Crippen LogP) is 11.3. The molecule has 3 aliphatic rings. The van der Waals surface area contributed by atoms with Gasteiger partial charge in [-0.2, -0.15) is 0 Å². The van der Waals surface area contributed by atoms with Crippen LogP contribution >= 0.6 is 0 Å². The minimum atomic E-state index is -0.161. The van der Waals surface area contributed by atoms with Gasteiger partial charge in [-0.15, -0.1) is 0 Å². The Morgan fingerprint density at radius 1 is 0.627 bits per heavy atom. The van der Waals surface area contributed by atoms with Crippen LogP contribution in [0.1, 0.15) is 77.6 Å². The van der Waals surface area contributed by atoms with Crippen LogP contribution in [0.5, 0.6) is 0 Å². The molecule has 0 amide bonds. The van der Waals surface area contributed by atoms with Crippen LogP contribution in [0.25, 0.3) is 54.9 Å². The molecular weight excluding hydrogens is 619 g/mol. The fourth-order valence-corrected chi connectivity index (χ4v) is 9.84. The first-order valence-corrected chi connectivity index (χ1v) is 18.5. The summed E-state index contributed by atoms with van der Waals surface area (Å²) < 4.78 is 9.55. The Kier molecular flexibility index (Phi) is 5.30. The maximum Gasteiger partial charge on any atom is 0.333 e. The van der Waals surface area contributed by atoms with Gasteiger partial charge < -0.3 is 13.8 Å². The van der Waals surface area contributed by atoms with Gasteiger partial charge in [0, 0.05) is 61.0 Å². The topological polar surface area (TPSA) is 21.3 Å². The molecule has 4 heteroatoms. The number of fused-ring (bicyclic) bond motifs is 13. The van der Waals surface area contributed by atoms with E-state index in [0.717, 1.165) is 11.2 Å². The van der Waals surface area contributed by atoms with E-state index in [4.69, 9.17) is 4.42 Å². The molecule has 5 heterocycles. The highest BCUT2D eigenvalue weighted by Gasteiger charge is 2.49. The Hall–Kier alpha value is -5.22. The van der Waals surface area contributed by atoms with E-state index in [1.807, 2.05) is 0 Å². The number of hydrogen-bond acceptors (Lipinski definition) is 2. The molecule has 3 aliphatic heterocycles. The van der Waals surface area contributed by atoms with Crippen molar-refractivity contribution >= 4 is 78.6 Å². The second-order valence-electron chi connectivity index (χ2n) is 17.8. The fourth-order valence-electron chi connectivity index (χ4n) is 9.84. The van der Waals surface area contributed by atoms with Gasteiger partial charge in [0.2, 0.25) is 0 Å². The molecule has 6 aromatic carbocycles. The number of nitrogens with zero attached hydrogens (tertiary/aromatic N) is 2. The molecule has 0 radical (unpaired) electrons. The number of rotatable bonds is 0. The van der Waals surface area contributed by atoms with Crippen molar-refractivity contribution in [2.24, 2.45) is 0 Å². The van der Waals surface area contributed by atoms with E-state index < -0.39 is 0 Å². The summed E-state index contributed by atoms with van der Waals surface area (Å²) in [4.78, 5) is 2.58. The van der Waals surface area contributed by atoms with Crippen molar-refractivity contribution in [3.63, 3.8) is 0 Å². The van der Waals surface area contributed by atoms with Gasteiger partial charge in [-0.1, -0.05) is 116 Å². The molecule has 0 spiro atoms. The van der Waals surface area contributed by atoms with Crippen molar-refractivity contribution in [2.45, 2.75) is 71.6 Å². The van der Waals surface area contributed by atoms with Crippen LogP contribution in [0.3, 0.4) is 0 Å². The molecule has 0 bridgehead atoms. The van der Waals surface area contributed by atoms with Crippen molar-refractivity contribution in [3.8, 4) is 11.1 Å². The summed E-state index contributed by atoms with van der Waals surface area (Å²) in [5.41, 5.74) is 18.9. The largest absolute Gasteiger partial charge is 0.456 e. The highest BCUT2D eigenvalue weighted by Crippen LogP contribution is 2.56. The Morgan fingerprint density at radius 3 is 2.16 bits per heavy atom. The predicted molar refractivity (Wildman–Crippen MR) is 217 cm³/mol. The Morgan fingerprint density at radius 2 is 1.35 bits per heavy atom. The maximum atomic E-state index is 6.84. The summed E-state index contributed by atoms with van der Waals surface area (Å²) in [7, 11) is 0. The van der Waals surface area contributed by atoms with E-state index in [2.05, 4.69) is 168 Å². The normalized spacial score (nSPS) is 15.5. The molecular formula is C47H41BN2O. The number of benzene rings is 6. The number of anilines is 3. The quantitative estimate of drug-likeness (QED) is 0.151. The number of hydrogen-bond donors (Lipinski definition) is 0. The van der Waals surface area contributed by atoms with E-state index in [0.29, 0.717) is 0 Å². The molecule has 11 rings (SSSR count). The smallest absolute Gasteiger partial charge is 0.333 e. The van der Waals surface area contributed by atoms with Gasteiger partial charge in [0.15, 0.2) is 0 Å². The summed E-state index contributed by atoms with van der Waals surface area (Å²) in [6.07, 6.45) is 0. The lowest BCUT2D eigenvalue weighted by Gasteiger charge is -2.48. The number of aromatic nitrogens is 1. The lowest BCUT2D eigenvalue weighted by Crippen LogP contribution is -2.58. The lowest BCUT2D eigenvalue weighted by molar-refractivity contribution is 0.590. The Bertz CT molecular complexity index is 2870. The summed E-state index contributed by atoms with van der Waals surface area (Å²) in [6.45, 7) is 18.8. The van der Waals surface area contributed by atoms with Gasteiger partial charge >= 0.3 is 6.85 Å². The lowest BCUT2D eigenvalue weighted by atomic mass is 9.44. The highest BCUT2D eigenvalue weighted by atomic mass is 16.3. The van der Waals surface area contributed by atoms with Crippen molar-refractivity contribution < 1.29 is 4.42 Å². The molecule has 0 unspecified atom stereocenters. The second kappa shape index (κ2) is 9.17. The summed E-state index contributed by atoms with van der Waals surface area (Å²) in [6, 6.07) is 39.3. The molecule has 0 atom stereocenters. The Labute approximate surface area is 299 Å². The highest BCUT2D eigenvalue weighted by molar-refractivity contribution is 6.90. The van der Waals surface area contributed by atoms with Crippen LogP contribution in [-0.2, 0) is 16.2 Å². The number of furan rings is 1. The molecule has 51 heavy (non-hydrogen) atoms. The van der Waals surface area contributed by atoms with Crippen LogP contribution in [-0.4, -0.2) is 11.3 Å². The van der Waals surface area contributed by atoms with Gasteiger partial charge in [-0.25, -0.2) is 0 Å². The standard InChI is InChI=1S/C47H41BN2O/c1-45(2,3)26-20-21-35-29(22-26)30-23-27(46(4,5)6)24-31-41-40-28-14-9-12-19-38(28)51-39(40)25-37-42(41)48(50(35)43(30)31)34-17-13-16-33-44(34)49(37)36-18-11-10-15-32(36)47(33,7)8/h9-25H,1-8H3. The van der Waals surface area contributed by atoms with Crippen molar-refractivity contribution in [2.75, 3.05) is 4.90 Å². The third-order valence-corrected chi connectivity index (χ3v) is 12.4. The van der Waals surface area contributed by atoms with Crippen LogP contribution in [0, 0.1) is 0 Å². The average Bonchev–Trinajstić information content (AvgIpc) is 3.63. The first-order valence-electron chi connectivity index (χ1n) is 18.5. The van der Waals surface area contributed by atoms with Crippen LogP contribution in [0.15, 0.2) is 108 Å². The minimum Gasteiger partial charge on any atom is -0.456 e. The zero-order valence-corrected chi connectivity index (χ0v) is 30.7. The molecule has 0 aliphatic carbocycles. The third-order valence-electron chi connectivity index (χ3n) is 12.4. The number of para-hydroxylation sites is 3. The molecule has 0 fully saturated rings. The summed E-state index contributed by atoms with van der Waals surface area (Å²) >= 11 is 0. The summed E-state index contributed by atoms with van der Waals surface area (Å²) in [5, 5.41) is 5.08. The maximum absolute atomic E-state index is 6.84. The van der Waals surface area contributed by atoms with Crippen LogP contribution in [0.2, 0.25) is 0 Å². The van der Waals surface area contributed by atoms with Gasteiger partial charge in [-0.3, -0.25) is 0 Å². The molecule has 0 N–H and O–H groups in total. The first kappa shape index (κ1) is 29.5. The molecule has 0 saturated heterocycles. The summed E-state index contributed by atoms with van der Waals surface area (Å²) in [5.74, 6) is 0. The first-order chi connectivity index (χ1) is 24.3. The van der Waals surface area contributed by atoms with Gasteiger partial charge in [0.05, 0.1) is 5.69 Å². The molecule has 248 valence electrons. The monoisotopic (exact) mass is 660 g/mol. The zero-order valence-electron chi connectivity index (χ0n) is 30.7. The van der Waals surface area contributed by atoms with E-state index in [1.165, 1.54) is 93.9 Å². The molecule has 2 aromatic heterocycles. The zero-order chi connectivity index (χ0) is 34.9. The van der Waals surface area contributed by atoms with E-state index in [9.17, 15) is 0 Å². The Balaban J connectivity index is 1.41. The van der Waals surface area contributed by atoms with Crippen LogP contribution < -0.4 is 15.8 Å². The molecule has 3 nitrogen and oxygen atoms in total. The third kappa shape index (κ3) is 3.56. The van der Waals surface area contributed by atoms with E-state index >= 15 is 0 Å². The molecule has 8 aromatic rings. The fraction of sp³-hybridized carbons (Fsp3) is 0.234. The van der Waals surface area contributed by atoms with Gasteiger partial charge in [-0.05, 0) is 86.0 Å².